The fraction of sp³-hybridized carbons (Fsp3) is 0.211. The van der Waals surface area contributed by atoms with Crippen LogP contribution in [0.25, 0.3) is 0 Å². The van der Waals surface area contributed by atoms with Crippen LogP contribution in [0.5, 0.6) is 5.75 Å². The van der Waals surface area contributed by atoms with Gasteiger partial charge in [0.1, 0.15) is 11.8 Å². The molecule has 5 nitrogen and oxygen atoms in total. The van der Waals surface area contributed by atoms with Crippen LogP contribution in [-0.2, 0) is 4.79 Å². The maximum Gasteiger partial charge on any atom is 0.253 e. The molecule has 0 spiro atoms. The molecule has 2 rings (SSSR count). The third-order valence-electron chi connectivity index (χ3n) is 3.27. The summed E-state index contributed by atoms with van der Waals surface area (Å²) >= 11 is 1.49. The number of rotatable bonds is 7. The van der Waals surface area contributed by atoms with Gasteiger partial charge in [0.25, 0.3) is 5.91 Å². The summed E-state index contributed by atoms with van der Waals surface area (Å²) in [5, 5.41) is 12.2. The highest BCUT2D eigenvalue weighted by molar-refractivity contribution is 8.00. The molecule has 1 atom stereocenters. The summed E-state index contributed by atoms with van der Waals surface area (Å²) in [4.78, 5) is 13.1. The van der Waals surface area contributed by atoms with E-state index in [0.717, 1.165) is 10.5 Å². The molecule has 0 heterocycles. The maximum absolute atomic E-state index is 12.1. The van der Waals surface area contributed by atoms with Crippen molar-refractivity contribution in [3.05, 3.63) is 59.7 Å². The molecule has 0 aliphatic rings. The zero-order valence-corrected chi connectivity index (χ0v) is 14.9. The largest absolute Gasteiger partial charge is 0.479 e. The lowest BCUT2D eigenvalue weighted by atomic mass is 10.2. The first-order valence-corrected chi connectivity index (χ1v) is 8.62. The van der Waals surface area contributed by atoms with Crippen LogP contribution in [0.2, 0.25) is 0 Å². The van der Waals surface area contributed by atoms with E-state index in [9.17, 15) is 4.79 Å². The molecule has 0 radical (unpaired) electrons. The molecular formula is C19H19N3O2S. The zero-order valence-electron chi connectivity index (χ0n) is 14.1. The van der Waals surface area contributed by atoms with Gasteiger partial charge in [-0.2, -0.15) is 10.4 Å². The molecule has 0 fully saturated rings. The van der Waals surface area contributed by atoms with Crippen molar-refractivity contribution in [2.75, 3.05) is 6.61 Å². The second kappa shape index (κ2) is 9.50. The third kappa shape index (κ3) is 6.32. The first kappa shape index (κ1) is 18.6. The van der Waals surface area contributed by atoms with Gasteiger partial charge in [0.2, 0.25) is 0 Å². The average Bonchev–Trinajstić information content (AvgIpc) is 2.62. The molecule has 0 aromatic heterocycles. The zero-order chi connectivity index (χ0) is 18.1. The standard InChI is InChI=1S/C19H19N3O2S/c1-14-3-9-18(10-4-14)25-15(2)19(23)22-21-13-16-5-7-17(8-6-16)24-12-11-20/h3-10,13,15H,12H2,1-2H3,(H,22,23)/b21-13-/t15-/m0/s1. The number of benzene rings is 2. The quantitative estimate of drug-likeness (QED) is 0.469. The van der Waals surface area contributed by atoms with E-state index in [1.807, 2.05) is 44.2 Å². The van der Waals surface area contributed by atoms with Gasteiger partial charge >= 0.3 is 0 Å². The van der Waals surface area contributed by atoms with E-state index < -0.39 is 0 Å². The van der Waals surface area contributed by atoms with Crippen molar-refractivity contribution in [3.8, 4) is 11.8 Å². The summed E-state index contributed by atoms with van der Waals surface area (Å²) in [5.41, 5.74) is 4.56. The normalized spacial score (nSPS) is 11.7. The molecule has 25 heavy (non-hydrogen) atoms. The number of amides is 1. The number of ether oxygens (including phenoxy) is 1. The first-order chi connectivity index (χ1) is 12.1. The van der Waals surface area contributed by atoms with Crippen molar-refractivity contribution in [1.82, 2.24) is 5.43 Å². The molecule has 0 unspecified atom stereocenters. The molecule has 1 amide bonds. The van der Waals surface area contributed by atoms with Crippen LogP contribution in [0.3, 0.4) is 0 Å². The van der Waals surface area contributed by atoms with E-state index in [0.29, 0.717) is 5.75 Å². The average molecular weight is 353 g/mol. The predicted octanol–water partition coefficient (Wildman–Crippen LogP) is 3.53. The van der Waals surface area contributed by atoms with Crippen LogP contribution in [-0.4, -0.2) is 24.0 Å². The van der Waals surface area contributed by atoms with Crippen LogP contribution in [0.1, 0.15) is 18.1 Å². The molecule has 1 N–H and O–H groups in total. The van der Waals surface area contributed by atoms with Gasteiger partial charge in [0.05, 0.1) is 11.5 Å². The Balaban J connectivity index is 1.82. The summed E-state index contributed by atoms with van der Waals surface area (Å²) in [6, 6.07) is 17.1. The Hall–Kier alpha value is -2.78. The molecule has 2 aromatic rings. The molecular weight excluding hydrogens is 334 g/mol. The van der Waals surface area contributed by atoms with Crippen molar-refractivity contribution in [1.29, 1.82) is 5.26 Å². The number of hydrazone groups is 1. The Morgan fingerprint density at radius 3 is 2.60 bits per heavy atom. The number of nitrogens with zero attached hydrogens (tertiary/aromatic N) is 2. The van der Waals surface area contributed by atoms with Crippen LogP contribution in [0, 0.1) is 18.3 Å². The van der Waals surface area contributed by atoms with Crippen LogP contribution in [0.15, 0.2) is 58.5 Å². The summed E-state index contributed by atoms with van der Waals surface area (Å²) in [7, 11) is 0. The number of hydrogen-bond acceptors (Lipinski definition) is 5. The Bertz CT molecular complexity index is 765. The lowest BCUT2D eigenvalue weighted by Crippen LogP contribution is -2.26. The lowest BCUT2D eigenvalue weighted by molar-refractivity contribution is -0.120. The molecule has 6 heteroatoms. The van der Waals surface area contributed by atoms with Gasteiger partial charge < -0.3 is 4.74 Å². The minimum absolute atomic E-state index is 0.0139. The second-order valence-electron chi connectivity index (χ2n) is 5.32. The van der Waals surface area contributed by atoms with Gasteiger partial charge in [-0.15, -0.1) is 11.8 Å². The predicted molar refractivity (Wildman–Crippen MR) is 99.8 cm³/mol. The molecule has 0 bridgehead atoms. The van der Waals surface area contributed by atoms with E-state index in [1.54, 1.807) is 30.5 Å². The number of nitriles is 1. The second-order valence-corrected chi connectivity index (χ2v) is 6.74. The van der Waals surface area contributed by atoms with Crippen molar-refractivity contribution < 1.29 is 9.53 Å². The number of carbonyl (C=O) groups excluding carboxylic acids is 1. The Morgan fingerprint density at radius 2 is 1.96 bits per heavy atom. The minimum Gasteiger partial charge on any atom is -0.479 e. The number of aryl methyl sites for hydroxylation is 1. The van der Waals surface area contributed by atoms with E-state index in [2.05, 4.69) is 10.5 Å². The van der Waals surface area contributed by atoms with Crippen LogP contribution in [0.4, 0.5) is 0 Å². The van der Waals surface area contributed by atoms with Crippen molar-refractivity contribution in [2.24, 2.45) is 5.10 Å². The summed E-state index contributed by atoms with van der Waals surface area (Å²) in [5.74, 6) is 0.460. The fourth-order valence-electron chi connectivity index (χ4n) is 1.90. The summed E-state index contributed by atoms with van der Waals surface area (Å²) in [6.45, 7) is 3.89. The highest BCUT2D eigenvalue weighted by Gasteiger charge is 2.13. The number of carbonyl (C=O) groups is 1. The van der Waals surface area contributed by atoms with Crippen LogP contribution < -0.4 is 10.2 Å². The monoisotopic (exact) mass is 353 g/mol. The molecule has 0 aliphatic carbocycles. The lowest BCUT2D eigenvalue weighted by Gasteiger charge is -2.09. The Labute approximate surface area is 151 Å². The van der Waals surface area contributed by atoms with Gasteiger partial charge in [-0.3, -0.25) is 4.79 Å². The molecule has 128 valence electrons. The van der Waals surface area contributed by atoms with Crippen molar-refractivity contribution >= 4 is 23.9 Å². The van der Waals surface area contributed by atoms with Gasteiger partial charge in [-0.05, 0) is 55.8 Å². The van der Waals surface area contributed by atoms with Gasteiger partial charge in [-0.25, -0.2) is 5.43 Å². The summed E-state index contributed by atoms with van der Waals surface area (Å²) < 4.78 is 5.17. The van der Waals surface area contributed by atoms with E-state index in [-0.39, 0.29) is 17.8 Å². The number of hydrogen-bond donors (Lipinski definition) is 1. The van der Waals surface area contributed by atoms with Gasteiger partial charge in [0, 0.05) is 4.90 Å². The Morgan fingerprint density at radius 1 is 1.28 bits per heavy atom. The highest BCUT2D eigenvalue weighted by atomic mass is 32.2. The maximum atomic E-state index is 12.1. The summed E-state index contributed by atoms with van der Waals surface area (Å²) in [6.07, 6.45) is 1.56. The van der Waals surface area contributed by atoms with Crippen molar-refractivity contribution in [2.45, 2.75) is 24.0 Å². The fourth-order valence-corrected chi connectivity index (χ4v) is 2.76. The number of nitrogens with one attached hydrogen (secondary N) is 1. The highest BCUT2D eigenvalue weighted by Crippen LogP contribution is 2.23. The smallest absolute Gasteiger partial charge is 0.253 e. The Kier molecular flexibility index (Phi) is 7.05. The third-order valence-corrected chi connectivity index (χ3v) is 4.39. The van der Waals surface area contributed by atoms with Gasteiger partial charge in [-0.1, -0.05) is 17.7 Å². The van der Waals surface area contributed by atoms with Gasteiger partial charge in [0.15, 0.2) is 6.61 Å². The first-order valence-electron chi connectivity index (χ1n) is 7.74. The SMILES string of the molecule is Cc1ccc(S[C@@H](C)C(=O)N/N=C\c2ccc(OCC#N)cc2)cc1. The number of thioether (sulfide) groups is 1. The molecule has 2 aromatic carbocycles. The van der Waals surface area contributed by atoms with E-state index >= 15 is 0 Å². The molecule has 0 saturated heterocycles. The van der Waals surface area contributed by atoms with Crippen LogP contribution >= 0.6 is 11.8 Å². The van der Waals surface area contributed by atoms with E-state index in [4.69, 9.17) is 10.00 Å². The van der Waals surface area contributed by atoms with E-state index in [1.165, 1.54) is 17.3 Å². The molecule has 0 saturated carbocycles. The molecule has 0 aliphatic heterocycles. The van der Waals surface area contributed by atoms with Crippen molar-refractivity contribution in [3.63, 3.8) is 0 Å². The topological polar surface area (TPSA) is 74.5 Å². The minimum atomic E-state index is -0.249.